The molecule has 16 nitrogen and oxygen atoms in total. The van der Waals surface area contributed by atoms with E-state index in [0.717, 1.165) is 11.4 Å². The molecule has 284 valence electrons. The predicted octanol–water partition coefficient (Wildman–Crippen LogP) is 1.91. The van der Waals surface area contributed by atoms with Crippen LogP contribution in [-0.4, -0.2) is 103 Å². The third-order valence-corrected chi connectivity index (χ3v) is 8.74. The number of nitrogens with one attached hydrogen (secondary N) is 3. The van der Waals surface area contributed by atoms with E-state index in [2.05, 4.69) is 31.4 Å². The molecule has 3 atom stereocenters. The van der Waals surface area contributed by atoms with Gasteiger partial charge in [-0.1, -0.05) is 19.1 Å². The summed E-state index contributed by atoms with van der Waals surface area (Å²) in [7, 11) is 1.49. The molecule has 16 heteroatoms. The van der Waals surface area contributed by atoms with Crippen molar-refractivity contribution in [3.63, 3.8) is 0 Å². The van der Waals surface area contributed by atoms with Gasteiger partial charge in [-0.2, -0.15) is 5.10 Å². The van der Waals surface area contributed by atoms with Gasteiger partial charge in [0.1, 0.15) is 24.4 Å². The van der Waals surface area contributed by atoms with Crippen LogP contribution >= 0.6 is 0 Å². The Morgan fingerprint density at radius 1 is 1.04 bits per heavy atom. The van der Waals surface area contributed by atoms with Gasteiger partial charge in [-0.05, 0) is 76.6 Å². The van der Waals surface area contributed by atoms with E-state index in [4.69, 9.17) is 9.47 Å². The Labute approximate surface area is 304 Å². The first-order chi connectivity index (χ1) is 24.8. The van der Waals surface area contributed by atoms with Crippen molar-refractivity contribution in [1.29, 1.82) is 0 Å². The number of hydrogen-bond donors (Lipinski definition) is 4. The second-order valence-corrected chi connectivity index (χ2v) is 13.6. The lowest BCUT2D eigenvalue weighted by molar-refractivity contribution is -0.132. The molecule has 0 aliphatic carbocycles. The summed E-state index contributed by atoms with van der Waals surface area (Å²) in [6.07, 6.45) is 2.97. The molecule has 4 bridgehead atoms. The van der Waals surface area contributed by atoms with Crippen LogP contribution in [0.4, 0.5) is 0 Å². The summed E-state index contributed by atoms with van der Waals surface area (Å²) < 4.78 is 15.0. The minimum absolute atomic E-state index is 0.00168. The summed E-state index contributed by atoms with van der Waals surface area (Å²) in [4.78, 5) is 55.3. The number of amides is 4. The molecule has 0 fully saturated rings. The number of carbonyl (C=O) groups excluding carboxylic acids is 4. The Morgan fingerprint density at radius 2 is 1.81 bits per heavy atom. The SMILES string of the molecule is COc1ccc2cc1OCc1cn(nn1)CCCN(C(=O)CCn1nc(C)cc1C)CCCCNC(=O)[C@H]([C@@H](C)O)NC(=O)[C@@H](CC(C)C)NC2=O. The molecule has 2 aromatic heterocycles. The molecule has 0 saturated heterocycles. The summed E-state index contributed by atoms with van der Waals surface area (Å²) in [5.41, 5.74) is 2.69. The summed E-state index contributed by atoms with van der Waals surface area (Å²) in [6, 6.07) is 4.43. The second-order valence-electron chi connectivity index (χ2n) is 13.6. The van der Waals surface area contributed by atoms with Gasteiger partial charge in [0.25, 0.3) is 5.91 Å². The number of rotatable bonds is 7. The lowest BCUT2D eigenvalue weighted by Gasteiger charge is -2.26. The molecule has 1 aliphatic rings. The van der Waals surface area contributed by atoms with E-state index in [-0.39, 0.29) is 37.0 Å². The zero-order valence-electron chi connectivity index (χ0n) is 31.1. The maximum absolute atomic E-state index is 13.5. The summed E-state index contributed by atoms with van der Waals surface area (Å²) in [5.74, 6) is -0.947. The average molecular weight is 724 g/mol. The maximum atomic E-state index is 13.5. The first kappa shape index (κ1) is 39.8. The van der Waals surface area contributed by atoms with Crippen molar-refractivity contribution in [3.8, 4) is 11.5 Å². The molecular weight excluding hydrogens is 670 g/mol. The molecule has 52 heavy (non-hydrogen) atoms. The smallest absolute Gasteiger partial charge is 0.252 e. The first-order valence-electron chi connectivity index (χ1n) is 17.9. The van der Waals surface area contributed by atoms with E-state index < -0.39 is 35.9 Å². The van der Waals surface area contributed by atoms with Crippen LogP contribution in [0.15, 0.2) is 30.5 Å². The van der Waals surface area contributed by atoms with Crippen molar-refractivity contribution in [2.75, 3.05) is 26.7 Å². The molecule has 3 heterocycles. The summed E-state index contributed by atoms with van der Waals surface area (Å²) in [5, 5.41) is 31.6. The van der Waals surface area contributed by atoms with Gasteiger partial charge in [-0.15, -0.1) is 5.10 Å². The van der Waals surface area contributed by atoms with Crippen molar-refractivity contribution in [3.05, 3.63) is 53.1 Å². The van der Waals surface area contributed by atoms with Crippen LogP contribution in [0.5, 0.6) is 11.5 Å². The number of aliphatic hydroxyl groups excluding tert-OH is 1. The molecule has 3 aromatic rings. The topological polar surface area (TPSA) is 195 Å². The number of fused-ring (bicyclic) bond motifs is 4. The third kappa shape index (κ3) is 11.5. The molecular formula is C36H53N9O7. The molecule has 0 radical (unpaired) electrons. The molecule has 1 aliphatic heterocycles. The quantitative estimate of drug-likeness (QED) is 0.280. The highest BCUT2D eigenvalue weighted by molar-refractivity contribution is 5.99. The lowest BCUT2D eigenvalue weighted by Crippen LogP contribution is -2.57. The van der Waals surface area contributed by atoms with E-state index in [1.807, 2.05) is 43.3 Å². The Morgan fingerprint density at radius 3 is 2.50 bits per heavy atom. The monoisotopic (exact) mass is 723 g/mol. The second kappa shape index (κ2) is 19.0. The van der Waals surface area contributed by atoms with E-state index in [9.17, 15) is 24.3 Å². The van der Waals surface area contributed by atoms with Crippen molar-refractivity contribution in [2.24, 2.45) is 5.92 Å². The van der Waals surface area contributed by atoms with Gasteiger partial charge in [0, 0.05) is 50.4 Å². The maximum Gasteiger partial charge on any atom is 0.252 e. The Kier molecular flexibility index (Phi) is 14.6. The largest absolute Gasteiger partial charge is 0.493 e. The Bertz CT molecular complexity index is 1670. The van der Waals surface area contributed by atoms with E-state index >= 15 is 0 Å². The number of aliphatic hydroxyl groups is 1. The fraction of sp³-hybridized carbons (Fsp3) is 0.583. The van der Waals surface area contributed by atoms with Crippen LogP contribution in [0.2, 0.25) is 0 Å². The van der Waals surface area contributed by atoms with E-state index in [0.29, 0.717) is 69.1 Å². The minimum Gasteiger partial charge on any atom is -0.493 e. The van der Waals surface area contributed by atoms with Gasteiger partial charge in [0.05, 0.1) is 25.1 Å². The van der Waals surface area contributed by atoms with Crippen molar-refractivity contribution in [2.45, 2.75) is 105 Å². The van der Waals surface area contributed by atoms with Crippen molar-refractivity contribution in [1.82, 2.24) is 45.6 Å². The number of ether oxygens (including phenoxy) is 2. The predicted molar refractivity (Wildman–Crippen MR) is 191 cm³/mol. The highest BCUT2D eigenvalue weighted by atomic mass is 16.5. The van der Waals surface area contributed by atoms with Crippen LogP contribution in [0, 0.1) is 19.8 Å². The van der Waals surface area contributed by atoms with Crippen LogP contribution in [0.1, 0.15) is 80.3 Å². The molecule has 0 spiro atoms. The average Bonchev–Trinajstić information content (AvgIpc) is 3.70. The lowest BCUT2D eigenvalue weighted by atomic mass is 10.0. The minimum atomic E-state index is -1.24. The number of carbonyl (C=O) groups is 4. The van der Waals surface area contributed by atoms with Crippen molar-refractivity contribution < 1.29 is 33.8 Å². The van der Waals surface area contributed by atoms with Gasteiger partial charge in [0.2, 0.25) is 17.7 Å². The fourth-order valence-corrected chi connectivity index (χ4v) is 5.99. The fourth-order valence-electron chi connectivity index (χ4n) is 5.99. The highest BCUT2D eigenvalue weighted by Crippen LogP contribution is 2.29. The Hall–Kier alpha value is -4.99. The molecule has 4 N–H and O–H groups in total. The van der Waals surface area contributed by atoms with Crippen molar-refractivity contribution >= 4 is 23.6 Å². The number of methoxy groups -OCH3 is 1. The van der Waals surface area contributed by atoms with Gasteiger partial charge in [0.15, 0.2) is 11.5 Å². The van der Waals surface area contributed by atoms with E-state index in [1.54, 1.807) is 23.0 Å². The third-order valence-electron chi connectivity index (χ3n) is 8.74. The molecule has 4 rings (SSSR count). The number of benzene rings is 1. The highest BCUT2D eigenvalue weighted by Gasteiger charge is 2.30. The van der Waals surface area contributed by atoms with E-state index in [1.165, 1.54) is 20.1 Å². The van der Waals surface area contributed by atoms with Crippen LogP contribution in [-0.2, 0) is 34.1 Å². The van der Waals surface area contributed by atoms with Gasteiger partial charge >= 0.3 is 0 Å². The standard InChI is InChI=1S/C36H53N9O7/c1-23(2)18-29-35(49)39-33(26(5)46)36(50)37-13-7-8-14-43(32(47)12-17-45-25(4)19-24(3)41-45)15-9-16-44-21-28(40-42-44)22-52-31-20-27(34(48)38-29)10-11-30(31)51-6/h10-11,19-21,23,26,29,33,46H,7-9,12-18,22H2,1-6H3,(H,37,50)(H,38,48)(H,39,49)/t26-,29-,33+/m1/s1. The van der Waals surface area contributed by atoms with Crippen LogP contribution < -0.4 is 25.4 Å². The first-order valence-corrected chi connectivity index (χ1v) is 17.9. The van der Waals surface area contributed by atoms with Crippen LogP contribution in [0.25, 0.3) is 0 Å². The van der Waals surface area contributed by atoms with Gasteiger partial charge < -0.3 is 35.4 Å². The zero-order chi connectivity index (χ0) is 37.8. The molecule has 1 aromatic carbocycles. The number of aromatic nitrogens is 5. The summed E-state index contributed by atoms with van der Waals surface area (Å²) >= 11 is 0. The zero-order valence-corrected chi connectivity index (χ0v) is 31.1. The Balaban J connectivity index is 1.54. The molecule has 0 saturated carbocycles. The van der Waals surface area contributed by atoms with Crippen LogP contribution in [0.3, 0.4) is 0 Å². The van der Waals surface area contributed by atoms with Gasteiger partial charge in [-0.3, -0.25) is 28.5 Å². The number of hydrogen-bond acceptors (Lipinski definition) is 10. The number of nitrogens with zero attached hydrogens (tertiary/aromatic N) is 6. The van der Waals surface area contributed by atoms with Gasteiger partial charge in [-0.25, -0.2) is 0 Å². The molecule has 0 unspecified atom stereocenters. The molecule has 4 amide bonds. The summed E-state index contributed by atoms with van der Waals surface area (Å²) in [6.45, 7) is 11.4. The normalized spacial score (nSPS) is 19.2. The number of aryl methyl sites for hydroxylation is 4.